The van der Waals surface area contributed by atoms with Gasteiger partial charge in [0, 0.05) is 49.5 Å². The third kappa shape index (κ3) is 3.58. The zero-order chi connectivity index (χ0) is 13.6. The van der Waals surface area contributed by atoms with Crippen LogP contribution in [0.1, 0.15) is 12.1 Å². The molecule has 0 aromatic carbocycles. The highest BCUT2D eigenvalue weighted by molar-refractivity contribution is 7.15. The highest BCUT2D eigenvalue weighted by atomic mass is 32.1. The molecule has 1 saturated heterocycles. The van der Waals surface area contributed by atoms with Crippen LogP contribution in [0.5, 0.6) is 0 Å². The molecular formula is C14H22N4OS. The predicted molar refractivity (Wildman–Crippen MR) is 81.5 cm³/mol. The molecule has 0 radical (unpaired) electrons. The first-order valence-corrected chi connectivity index (χ1v) is 8.22. The molecule has 0 unspecified atom stereocenters. The third-order valence-corrected chi connectivity index (χ3v) is 4.61. The molecule has 3 rings (SSSR count). The van der Waals surface area contributed by atoms with Crippen molar-refractivity contribution in [3.63, 3.8) is 0 Å². The molecule has 110 valence electrons. The lowest BCUT2D eigenvalue weighted by atomic mass is 10.3. The summed E-state index contributed by atoms with van der Waals surface area (Å²) in [4.78, 5) is 7.87. The van der Waals surface area contributed by atoms with Crippen molar-refractivity contribution in [2.45, 2.75) is 12.8 Å². The van der Waals surface area contributed by atoms with Crippen LogP contribution in [0, 0.1) is 0 Å². The molecule has 0 bridgehead atoms. The van der Waals surface area contributed by atoms with Gasteiger partial charge in [-0.05, 0) is 19.5 Å². The Morgan fingerprint density at radius 1 is 1.30 bits per heavy atom. The molecule has 1 fully saturated rings. The maximum atomic E-state index is 5.35. The van der Waals surface area contributed by atoms with Gasteiger partial charge in [0.25, 0.3) is 0 Å². The van der Waals surface area contributed by atoms with Crippen LogP contribution in [-0.4, -0.2) is 60.2 Å². The zero-order valence-corrected chi connectivity index (χ0v) is 12.6. The molecule has 0 spiro atoms. The third-order valence-electron chi connectivity index (χ3n) is 3.71. The summed E-state index contributed by atoms with van der Waals surface area (Å²) in [7, 11) is 0. The number of ether oxygens (including phenoxy) is 1. The quantitative estimate of drug-likeness (QED) is 0.781. The van der Waals surface area contributed by atoms with Gasteiger partial charge < -0.3 is 10.1 Å². The van der Waals surface area contributed by atoms with Crippen LogP contribution in [0.4, 0.5) is 0 Å². The van der Waals surface area contributed by atoms with Crippen molar-refractivity contribution in [3.8, 4) is 0 Å². The number of nitrogens with one attached hydrogen (secondary N) is 1. The van der Waals surface area contributed by atoms with Gasteiger partial charge >= 0.3 is 0 Å². The van der Waals surface area contributed by atoms with Gasteiger partial charge in [-0.15, -0.1) is 11.3 Å². The van der Waals surface area contributed by atoms with Crippen LogP contribution < -0.4 is 5.32 Å². The van der Waals surface area contributed by atoms with Gasteiger partial charge in [0.2, 0.25) is 0 Å². The lowest BCUT2D eigenvalue weighted by molar-refractivity contribution is 0.0375. The average molecular weight is 294 g/mol. The Morgan fingerprint density at radius 2 is 2.20 bits per heavy atom. The van der Waals surface area contributed by atoms with Gasteiger partial charge in [-0.2, -0.15) is 0 Å². The van der Waals surface area contributed by atoms with E-state index in [4.69, 9.17) is 4.74 Å². The first-order valence-electron chi connectivity index (χ1n) is 7.34. The summed E-state index contributed by atoms with van der Waals surface area (Å²) in [6, 6.07) is 0. The fourth-order valence-electron chi connectivity index (χ4n) is 2.55. The van der Waals surface area contributed by atoms with Crippen LogP contribution in [0.2, 0.25) is 0 Å². The van der Waals surface area contributed by atoms with E-state index < -0.39 is 0 Å². The number of morpholine rings is 1. The van der Waals surface area contributed by atoms with E-state index in [0.29, 0.717) is 0 Å². The molecule has 0 saturated carbocycles. The standard InChI is InChI=1S/C14H22N4OS/c1(6-17-8-10-19-11-9-17)3-15-4-2-13-12-20-14-16-5-7-18(13)14/h5,7,12,15H,1-4,6,8-11H2. The number of aromatic nitrogens is 2. The highest BCUT2D eigenvalue weighted by Crippen LogP contribution is 2.14. The molecule has 2 aromatic heterocycles. The summed E-state index contributed by atoms with van der Waals surface area (Å²) in [5.41, 5.74) is 1.35. The second-order valence-electron chi connectivity index (χ2n) is 5.11. The smallest absolute Gasteiger partial charge is 0.193 e. The molecule has 1 aliphatic heterocycles. The van der Waals surface area contributed by atoms with Gasteiger partial charge in [0.05, 0.1) is 13.2 Å². The number of hydrogen-bond acceptors (Lipinski definition) is 5. The maximum Gasteiger partial charge on any atom is 0.193 e. The lowest BCUT2D eigenvalue weighted by Crippen LogP contribution is -2.37. The maximum absolute atomic E-state index is 5.35. The fraction of sp³-hybridized carbons (Fsp3) is 0.643. The number of imidazole rings is 1. The molecule has 5 nitrogen and oxygen atoms in total. The first kappa shape index (κ1) is 14.0. The van der Waals surface area contributed by atoms with Crippen LogP contribution >= 0.6 is 11.3 Å². The van der Waals surface area contributed by atoms with E-state index in [1.54, 1.807) is 11.3 Å². The molecule has 1 aliphatic rings. The van der Waals surface area contributed by atoms with Crippen molar-refractivity contribution in [2.24, 2.45) is 0 Å². The van der Waals surface area contributed by atoms with Crippen molar-refractivity contribution in [1.29, 1.82) is 0 Å². The normalized spacial score (nSPS) is 17.0. The van der Waals surface area contributed by atoms with Crippen LogP contribution in [0.3, 0.4) is 0 Å². The van der Waals surface area contributed by atoms with Crippen molar-refractivity contribution in [2.75, 3.05) is 45.9 Å². The molecule has 20 heavy (non-hydrogen) atoms. The molecule has 0 amide bonds. The van der Waals surface area contributed by atoms with Gasteiger partial charge in [-0.25, -0.2) is 4.98 Å². The molecule has 0 atom stereocenters. The summed E-state index contributed by atoms with van der Waals surface area (Å²) in [6.45, 7) is 7.28. The first-order chi connectivity index (χ1) is 9.93. The second kappa shape index (κ2) is 7.17. The monoisotopic (exact) mass is 294 g/mol. The summed E-state index contributed by atoms with van der Waals surface area (Å²) >= 11 is 1.71. The topological polar surface area (TPSA) is 41.8 Å². The number of nitrogens with zero attached hydrogens (tertiary/aromatic N) is 3. The molecular weight excluding hydrogens is 272 g/mol. The van der Waals surface area contributed by atoms with E-state index in [0.717, 1.165) is 50.8 Å². The number of fused-ring (bicyclic) bond motifs is 1. The molecule has 1 N–H and O–H groups in total. The Kier molecular flexibility index (Phi) is 5.02. The van der Waals surface area contributed by atoms with E-state index in [1.807, 2.05) is 12.4 Å². The minimum absolute atomic E-state index is 0.895. The second-order valence-corrected chi connectivity index (χ2v) is 5.95. The van der Waals surface area contributed by atoms with Crippen LogP contribution in [-0.2, 0) is 11.2 Å². The van der Waals surface area contributed by atoms with Gasteiger partial charge in [-0.3, -0.25) is 9.30 Å². The summed E-state index contributed by atoms with van der Waals surface area (Å²) in [6.07, 6.45) is 6.18. The minimum atomic E-state index is 0.895. The van der Waals surface area contributed by atoms with Crippen molar-refractivity contribution < 1.29 is 4.74 Å². The minimum Gasteiger partial charge on any atom is -0.379 e. The largest absolute Gasteiger partial charge is 0.379 e. The summed E-state index contributed by atoms with van der Waals surface area (Å²) in [5.74, 6) is 0. The summed E-state index contributed by atoms with van der Waals surface area (Å²) < 4.78 is 7.53. The van der Waals surface area contributed by atoms with Crippen molar-refractivity contribution in [3.05, 3.63) is 23.5 Å². The highest BCUT2D eigenvalue weighted by Gasteiger charge is 2.09. The van der Waals surface area contributed by atoms with E-state index in [-0.39, 0.29) is 0 Å². The Morgan fingerprint density at radius 3 is 3.10 bits per heavy atom. The molecule has 0 aliphatic carbocycles. The predicted octanol–water partition coefficient (Wildman–Crippen LogP) is 1.25. The van der Waals surface area contributed by atoms with Crippen LogP contribution in [0.15, 0.2) is 17.8 Å². The molecule has 6 heteroatoms. The summed E-state index contributed by atoms with van der Waals surface area (Å²) in [5, 5.41) is 5.74. The molecule has 3 heterocycles. The number of rotatable bonds is 7. The van der Waals surface area contributed by atoms with E-state index in [2.05, 4.69) is 25.0 Å². The SMILES string of the molecule is c1cn2c(CCNCCCN3CCOCC3)csc2n1. The van der Waals surface area contributed by atoms with Gasteiger partial charge in [-0.1, -0.05) is 0 Å². The Hall–Kier alpha value is -0.950. The fourth-order valence-corrected chi connectivity index (χ4v) is 3.43. The van der Waals surface area contributed by atoms with Crippen LogP contribution in [0.25, 0.3) is 4.96 Å². The Balaban J connectivity index is 1.29. The Bertz CT molecular complexity index is 518. The lowest BCUT2D eigenvalue weighted by Gasteiger charge is -2.26. The number of thiazole rings is 1. The van der Waals surface area contributed by atoms with E-state index in [9.17, 15) is 0 Å². The zero-order valence-electron chi connectivity index (χ0n) is 11.8. The van der Waals surface area contributed by atoms with Crippen molar-refractivity contribution >= 4 is 16.3 Å². The average Bonchev–Trinajstić information content (AvgIpc) is 3.08. The number of hydrogen-bond donors (Lipinski definition) is 1. The van der Waals surface area contributed by atoms with E-state index in [1.165, 1.54) is 18.7 Å². The van der Waals surface area contributed by atoms with Crippen molar-refractivity contribution in [1.82, 2.24) is 19.6 Å². The van der Waals surface area contributed by atoms with Gasteiger partial charge in [0.15, 0.2) is 4.96 Å². The molecule has 2 aromatic rings. The Labute approximate surface area is 123 Å². The van der Waals surface area contributed by atoms with E-state index >= 15 is 0 Å². The van der Waals surface area contributed by atoms with Gasteiger partial charge in [0.1, 0.15) is 0 Å².